The lowest BCUT2D eigenvalue weighted by molar-refractivity contribution is 0.0947. The second-order valence-corrected chi connectivity index (χ2v) is 5.52. The zero-order chi connectivity index (χ0) is 13.7. The first-order valence-electron chi connectivity index (χ1n) is 5.93. The van der Waals surface area contributed by atoms with Gasteiger partial charge in [-0.2, -0.15) is 11.8 Å². The molecule has 5 heteroatoms. The van der Waals surface area contributed by atoms with E-state index in [0.717, 1.165) is 11.4 Å². The smallest absolute Gasteiger partial charge is 0.261 e. The Morgan fingerprint density at radius 2 is 2.17 bits per heavy atom. The molecule has 0 radical (unpaired) electrons. The minimum Gasteiger partial charge on any atom is -0.352 e. The summed E-state index contributed by atoms with van der Waals surface area (Å²) in [6.45, 7) is 6.24. The average molecular weight is 268 g/mol. The molecule has 0 fully saturated rings. The quantitative estimate of drug-likeness (QED) is 0.854. The van der Waals surface area contributed by atoms with Crippen molar-refractivity contribution in [3.05, 3.63) is 33.2 Å². The maximum absolute atomic E-state index is 12.0. The van der Waals surface area contributed by atoms with Gasteiger partial charge in [0.2, 0.25) is 0 Å². The van der Waals surface area contributed by atoms with Gasteiger partial charge in [-0.3, -0.25) is 9.59 Å². The van der Waals surface area contributed by atoms with E-state index in [1.54, 1.807) is 25.6 Å². The van der Waals surface area contributed by atoms with Crippen LogP contribution in [0.1, 0.15) is 28.5 Å². The third-order valence-corrected chi connectivity index (χ3v) is 3.56. The number of nitrogens with one attached hydrogen (secondary N) is 2. The van der Waals surface area contributed by atoms with Crippen molar-refractivity contribution in [3.63, 3.8) is 0 Å². The highest BCUT2D eigenvalue weighted by atomic mass is 32.2. The molecule has 1 atom stereocenters. The van der Waals surface area contributed by atoms with Crippen molar-refractivity contribution in [2.75, 3.05) is 18.6 Å². The monoisotopic (exact) mass is 268 g/mol. The number of amides is 1. The van der Waals surface area contributed by atoms with E-state index in [1.165, 1.54) is 0 Å². The van der Waals surface area contributed by atoms with E-state index >= 15 is 0 Å². The summed E-state index contributed by atoms with van der Waals surface area (Å²) in [4.78, 5) is 26.4. The first kappa shape index (κ1) is 14.8. The van der Waals surface area contributed by atoms with Crippen LogP contribution in [0.3, 0.4) is 0 Å². The van der Waals surface area contributed by atoms with Gasteiger partial charge in [-0.05, 0) is 43.4 Å². The summed E-state index contributed by atoms with van der Waals surface area (Å²) in [5.41, 5.74) is 1.38. The minimum atomic E-state index is -0.317. The molecule has 1 aromatic heterocycles. The molecule has 100 valence electrons. The maximum Gasteiger partial charge on any atom is 0.261 e. The van der Waals surface area contributed by atoms with Gasteiger partial charge in [-0.1, -0.05) is 6.92 Å². The lowest BCUT2D eigenvalue weighted by atomic mass is 10.1. The molecule has 1 amide bonds. The SMILES string of the molecule is CSC[C@H](C)CNC(=O)c1c(C)cc(C)[nH]c1=O. The molecule has 0 bridgehead atoms. The Kier molecular flexibility index (Phi) is 5.47. The first-order valence-corrected chi connectivity index (χ1v) is 7.32. The highest BCUT2D eigenvalue weighted by Gasteiger charge is 2.14. The number of aromatic nitrogens is 1. The molecule has 0 saturated carbocycles. The number of aromatic amines is 1. The van der Waals surface area contributed by atoms with E-state index in [9.17, 15) is 9.59 Å². The summed E-state index contributed by atoms with van der Waals surface area (Å²) in [5, 5.41) is 2.81. The number of H-pyrrole nitrogens is 1. The van der Waals surface area contributed by atoms with Gasteiger partial charge >= 0.3 is 0 Å². The fourth-order valence-electron chi connectivity index (χ4n) is 1.83. The first-order chi connectivity index (χ1) is 8.45. The van der Waals surface area contributed by atoms with E-state index in [-0.39, 0.29) is 17.0 Å². The zero-order valence-electron chi connectivity index (χ0n) is 11.3. The van der Waals surface area contributed by atoms with Crippen LogP contribution in [0.25, 0.3) is 0 Å². The highest BCUT2D eigenvalue weighted by molar-refractivity contribution is 7.98. The lowest BCUT2D eigenvalue weighted by Crippen LogP contribution is -2.34. The Morgan fingerprint density at radius 3 is 2.72 bits per heavy atom. The van der Waals surface area contributed by atoms with Crippen molar-refractivity contribution in [2.24, 2.45) is 5.92 Å². The molecule has 0 aliphatic carbocycles. The molecule has 0 spiro atoms. The van der Waals surface area contributed by atoms with Crippen LogP contribution in [0.2, 0.25) is 0 Å². The maximum atomic E-state index is 12.0. The highest BCUT2D eigenvalue weighted by Crippen LogP contribution is 2.05. The van der Waals surface area contributed by atoms with E-state index in [2.05, 4.69) is 17.2 Å². The van der Waals surface area contributed by atoms with Gasteiger partial charge in [0.15, 0.2) is 0 Å². The van der Waals surface area contributed by atoms with Gasteiger partial charge in [-0.25, -0.2) is 0 Å². The second kappa shape index (κ2) is 6.64. The molecular formula is C13H20N2O2S. The number of pyridine rings is 1. The topological polar surface area (TPSA) is 62.0 Å². The summed E-state index contributed by atoms with van der Waals surface area (Å²) < 4.78 is 0. The summed E-state index contributed by atoms with van der Waals surface area (Å²) in [5.74, 6) is 1.10. The standard InChI is InChI=1S/C13H20N2O2S/c1-8(7-18-4)6-14-12(16)11-9(2)5-10(3)15-13(11)17/h5,8H,6-7H2,1-4H3,(H,14,16)(H,15,17)/t8-/m1/s1. The molecule has 0 unspecified atom stereocenters. The Hall–Kier alpha value is -1.23. The van der Waals surface area contributed by atoms with Crippen LogP contribution in [-0.4, -0.2) is 29.4 Å². The fraction of sp³-hybridized carbons (Fsp3) is 0.538. The number of carbonyl (C=O) groups excluding carboxylic acids is 1. The van der Waals surface area contributed by atoms with Crippen LogP contribution in [-0.2, 0) is 0 Å². The zero-order valence-corrected chi connectivity index (χ0v) is 12.1. The van der Waals surface area contributed by atoms with Crippen molar-refractivity contribution in [3.8, 4) is 0 Å². The van der Waals surface area contributed by atoms with Crippen molar-refractivity contribution < 1.29 is 4.79 Å². The van der Waals surface area contributed by atoms with Crippen LogP contribution in [0.15, 0.2) is 10.9 Å². The molecule has 1 rings (SSSR count). The fourth-order valence-corrected chi connectivity index (χ4v) is 2.52. The minimum absolute atomic E-state index is 0.219. The number of thioether (sulfide) groups is 1. The van der Waals surface area contributed by atoms with Crippen LogP contribution < -0.4 is 10.9 Å². The van der Waals surface area contributed by atoms with E-state index < -0.39 is 0 Å². The number of carbonyl (C=O) groups is 1. The molecule has 0 aliphatic heterocycles. The predicted molar refractivity (Wildman–Crippen MR) is 76.4 cm³/mol. The van der Waals surface area contributed by atoms with Crippen molar-refractivity contribution >= 4 is 17.7 Å². The Bertz CT molecular complexity index is 482. The van der Waals surface area contributed by atoms with E-state index in [1.807, 2.05) is 12.3 Å². The van der Waals surface area contributed by atoms with Crippen LogP contribution in [0.5, 0.6) is 0 Å². The number of hydrogen-bond donors (Lipinski definition) is 2. The van der Waals surface area contributed by atoms with E-state index in [4.69, 9.17) is 0 Å². The molecule has 18 heavy (non-hydrogen) atoms. The van der Waals surface area contributed by atoms with Crippen LogP contribution >= 0.6 is 11.8 Å². The number of hydrogen-bond acceptors (Lipinski definition) is 3. The molecule has 4 nitrogen and oxygen atoms in total. The summed E-state index contributed by atoms with van der Waals surface area (Å²) in [7, 11) is 0. The molecular weight excluding hydrogens is 248 g/mol. The third-order valence-electron chi connectivity index (χ3n) is 2.65. The summed E-state index contributed by atoms with van der Waals surface area (Å²) >= 11 is 1.75. The third kappa shape index (κ3) is 3.91. The van der Waals surface area contributed by atoms with Crippen molar-refractivity contribution in [1.29, 1.82) is 0 Å². The Morgan fingerprint density at radius 1 is 1.50 bits per heavy atom. The normalized spacial score (nSPS) is 12.2. The van der Waals surface area contributed by atoms with E-state index in [0.29, 0.717) is 18.0 Å². The average Bonchev–Trinajstić information content (AvgIpc) is 2.25. The largest absolute Gasteiger partial charge is 0.352 e. The van der Waals surface area contributed by atoms with Crippen molar-refractivity contribution in [1.82, 2.24) is 10.3 Å². The molecule has 1 heterocycles. The van der Waals surface area contributed by atoms with Gasteiger partial charge < -0.3 is 10.3 Å². The molecule has 1 aromatic rings. The second-order valence-electron chi connectivity index (χ2n) is 4.61. The molecule has 0 aromatic carbocycles. The number of aryl methyl sites for hydroxylation is 2. The Labute approximate surface area is 112 Å². The van der Waals surface area contributed by atoms with Crippen LogP contribution in [0, 0.1) is 19.8 Å². The van der Waals surface area contributed by atoms with Gasteiger partial charge in [0.05, 0.1) is 0 Å². The molecule has 0 saturated heterocycles. The summed E-state index contributed by atoms with van der Waals surface area (Å²) in [6, 6.07) is 1.81. The summed E-state index contributed by atoms with van der Waals surface area (Å²) in [6.07, 6.45) is 2.03. The predicted octanol–water partition coefficient (Wildman–Crippen LogP) is 1.72. The Balaban J connectivity index is 2.76. The van der Waals surface area contributed by atoms with Crippen LogP contribution in [0.4, 0.5) is 0 Å². The van der Waals surface area contributed by atoms with Crippen molar-refractivity contribution in [2.45, 2.75) is 20.8 Å². The molecule has 0 aliphatic rings. The molecule has 2 N–H and O–H groups in total. The van der Waals surface area contributed by atoms with Gasteiger partial charge in [-0.15, -0.1) is 0 Å². The number of rotatable bonds is 5. The van der Waals surface area contributed by atoms with Gasteiger partial charge in [0.1, 0.15) is 5.56 Å². The van der Waals surface area contributed by atoms with Gasteiger partial charge in [0, 0.05) is 12.2 Å². The van der Waals surface area contributed by atoms with Gasteiger partial charge in [0.25, 0.3) is 11.5 Å². The lowest BCUT2D eigenvalue weighted by Gasteiger charge is -2.12.